The number of carbonyl (C=O) groups is 1. The van der Waals surface area contributed by atoms with E-state index in [1.54, 1.807) is 25.3 Å². The van der Waals surface area contributed by atoms with Crippen LogP contribution in [0.4, 0.5) is 10.5 Å². The summed E-state index contributed by atoms with van der Waals surface area (Å²) in [7, 11) is 1.62. The molecule has 2 N–H and O–H groups in total. The number of ether oxygens (including phenoxy) is 4. The molecule has 2 aliphatic rings. The third kappa shape index (κ3) is 3.26. The maximum Gasteiger partial charge on any atom is 0.319 e. The third-order valence-corrected chi connectivity index (χ3v) is 4.14. The standard InChI is InChI=1S/C18H18N2O5/c1-22-14-3-5-15-11(7-14)6-13(9-23-15)20-18(21)19-12-2-4-16-17(8-12)25-10-24-16/h2-5,7-8,13H,6,9-10H2,1H3,(H2,19,20,21)/t13-/m1/s1. The minimum absolute atomic E-state index is 0.117. The van der Waals surface area contributed by atoms with Crippen LogP contribution in [0.5, 0.6) is 23.0 Å². The number of anilines is 1. The topological polar surface area (TPSA) is 78.1 Å². The fourth-order valence-electron chi connectivity index (χ4n) is 2.92. The molecule has 0 saturated heterocycles. The minimum Gasteiger partial charge on any atom is -0.497 e. The van der Waals surface area contributed by atoms with Crippen molar-refractivity contribution in [2.75, 3.05) is 25.8 Å². The Balaban J connectivity index is 1.38. The van der Waals surface area contributed by atoms with Crippen LogP contribution in [0.15, 0.2) is 36.4 Å². The predicted octanol–water partition coefficient (Wildman–Crippen LogP) is 2.55. The average Bonchev–Trinajstić information content (AvgIpc) is 3.08. The molecule has 0 spiro atoms. The molecule has 2 aliphatic heterocycles. The molecule has 1 atom stereocenters. The molecule has 0 aliphatic carbocycles. The summed E-state index contributed by atoms with van der Waals surface area (Å²) in [6.07, 6.45) is 0.682. The lowest BCUT2D eigenvalue weighted by Gasteiger charge is -2.26. The number of urea groups is 1. The van der Waals surface area contributed by atoms with Crippen LogP contribution in [-0.4, -0.2) is 32.6 Å². The molecule has 0 fully saturated rings. The summed E-state index contributed by atoms with van der Waals surface area (Å²) in [5.41, 5.74) is 1.65. The van der Waals surface area contributed by atoms with Gasteiger partial charge in [0.2, 0.25) is 6.79 Å². The molecule has 7 heteroatoms. The quantitative estimate of drug-likeness (QED) is 0.896. The monoisotopic (exact) mass is 342 g/mol. The maximum absolute atomic E-state index is 12.2. The third-order valence-electron chi connectivity index (χ3n) is 4.14. The van der Waals surface area contributed by atoms with Crippen LogP contribution >= 0.6 is 0 Å². The van der Waals surface area contributed by atoms with E-state index in [4.69, 9.17) is 18.9 Å². The van der Waals surface area contributed by atoms with E-state index in [1.807, 2.05) is 18.2 Å². The van der Waals surface area contributed by atoms with Crippen molar-refractivity contribution < 1.29 is 23.7 Å². The lowest BCUT2D eigenvalue weighted by Crippen LogP contribution is -2.44. The summed E-state index contributed by atoms with van der Waals surface area (Å²) in [5, 5.41) is 5.73. The van der Waals surface area contributed by atoms with Crippen LogP contribution in [0.25, 0.3) is 0 Å². The van der Waals surface area contributed by atoms with Gasteiger partial charge in [-0.25, -0.2) is 4.79 Å². The van der Waals surface area contributed by atoms with Gasteiger partial charge in [-0.3, -0.25) is 0 Å². The number of carbonyl (C=O) groups excluding carboxylic acids is 1. The summed E-state index contributed by atoms with van der Waals surface area (Å²) in [5.74, 6) is 2.90. The Morgan fingerprint density at radius 2 is 1.92 bits per heavy atom. The van der Waals surface area contributed by atoms with Gasteiger partial charge in [0, 0.05) is 11.8 Å². The number of nitrogens with one attached hydrogen (secondary N) is 2. The van der Waals surface area contributed by atoms with Gasteiger partial charge < -0.3 is 29.6 Å². The van der Waals surface area contributed by atoms with Crippen LogP contribution in [-0.2, 0) is 6.42 Å². The van der Waals surface area contributed by atoms with Crippen molar-refractivity contribution in [1.82, 2.24) is 5.32 Å². The molecule has 130 valence electrons. The molecular weight excluding hydrogens is 324 g/mol. The number of benzene rings is 2. The van der Waals surface area contributed by atoms with Gasteiger partial charge in [0.15, 0.2) is 11.5 Å². The van der Waals surface area contributed by atoms with Crippen LogP contribution in [0, 0.1) is 0 Å². The highest BCUT2D eigenvalue weighted by Gasteiger charge is 2.22. The number of hydrogen-bond donors (Lipinski definition) is 2. The minimum atomic E-state index is -0.293. The van der Waals surface area contributed by atoms with E-state index < -0.39 is 0 Å². The second-order valence-corrected chi connectivity index (χ2v) is 5.85. The Kier molecular flexibility index (Phi) is 3.97. The van der Waals surface area contributed by atoms with Crippen molar-refractivity contribution in [3.05, 3.63) is 42.0 Å². The van der Waals surface area contributed by atoms with Crippen LogP contribution in [0.1, 0.15) is 5.56 Å². The second-order valence-electron chi connectivity index (χ2n) is 5.85. The molecule has 0 bridgehead atoms. The van der Waals surface area contributed by atoms with Crippen molar-refractivity contribution in [2.24, 2.45) is 0 Å². The highest BCUT2D eigenvalue weighted by Crippen LogP contribution is 2.34. The van der Waals surface area contributed by atoms with Crippen molar-refractivity contribution >= 4 is 11.7 Å². The smallest absolute Gasteiger partial charge is 0.319 e. The molecule has 2 amide bonds. The van der Waals surface area contributed by atoms with Crippen molar-refractivity contribution in [3.63, 3.8) is 0 Å². The molecule has 2 aromatic carbocycles. The molecule has 4 rings (SSSR count). The van der Waals surface area contributed by atoms with E-state index >= 15 is 0 Å². The lowest BCUT2D eigenvalue weighted by atomic mass is 10.0. The number of methoxy groups -OCH3 is 1. The largest absolute Gasteiger partial charge is 0.497 e. The Bertz CT molecular complexity index is 808. The molecule has 2 heterocycles. The average molecular weight is 342 g/mol. The van der Waals surface area contributed by atoms with Crippen molar-refractivity contribution in [1.29, 1.82) is 0 Å². The van der Waals surface area contributed by atoms with E-state index in [2.05, 4.69) is 10.6 Å². The van der Waals surface area contributed by atoms with E-state index in [0.717, 1.165) is 17.1 Å². The van der Waals surface area contributed by atoms with Crippen LogP contribution in [0.2, 0.25) is 0 Å². The van der Waals surface area contributed by atoms with Gasteiger partial charge in [0.1, 0.15) is 18.1 Å². The zero-order valence-corrected chi connectivity index (χ0v) is 13.7. The summed E-state index contributed by atoms with van der Waals surface area (Å²) in [4.78, 5) is 12.2. The van der Waals surface area contributed by atoms with E-state index in [-0.39, 0.29) is 18.9 Å². The van der Waals surface area contributed by atoms with Gasteiger partial charge in [-0.15, -0.1) is 0 Å². The first-order valence-corrected chi connectivity index (χ1v) is 7.98. The highest BCUT2D eigenvalue weighted by molar-refractivity contribution is 5.90. The van der Waals surface area contributed by atoms with Gasteiger partial charge >= 0.3 is 6.03 Å². The van der Waals surface area contributed by atoms with Crippen LogP contribution < -0.4 is 29.6 Å². The first kappa shape index (κ1) is 15.4. The summed E-state index contributed by atoms with van der Waals surface area (Å²) in [6, 6.07) is 10.5. The lowest BCUT2D eigenvalue weighted by molar-refractivity contribution is 0.174. The molecule has 0 unspecified atom stereocenters. The van der Waals surface area contributed by atoms with E-state index in [1.165, 1.54) is 0 Å². The van der Waals surface area contributed by atoms with Crippen molar-refractivity contribution in [3.8, 4) is 23.0 Å². The predicted molar refractivity (Wildman–Crippen MR) is 90.7 cm³/mol. The number of hydrogen-bond acceptors (Lipinski definition) is 5. The molecular formula is C18H18N2O5. The summed E-state index contributed by atoms with van der Waals surface area (Å²) in [6.45, 7) is 0.626. The zero-order chi connectivity index (χ0) is 17.2. The van der Waals surface area contributed by atoms with Gasteiger partial charge in [-0.05, 0) is 42.3 Å². The first-order valence-electron chi connectivity index (χ1n) is 7.98. The summed E-state index contributed by atoms with van der Waals surface area (Å²) >= 11 is 0. The molecule has 0 radical (unpaired) electrons. The van der Waals surface area contributed by atoms with Gasteiger partial charge in [0.25, 0.3) is 0 Å². The molecule has 0 saturated carbocycles. The van der Waals surface area contributed by atoms with E-state index in [9.17, 15) is 4.79 Å². The molecule has 7 nitrogen and oxygen atoms in total. The van der Waals surface area contributed by atoms with Gasteiger partial charge in [-0.1, -0.05) is 0 Å². The Morgan fingerprint density at radius 1 is 1.08 bits per heavy atom. The fourth-order valence-corrected chi connectivity index (χ4v) is 2.92. The fraction of sp³-hybridized carbons (Fsp3) is 0.278. The Hall–Kier alpha value is -3.09. The number of amides is 2. The van der Waals surface area contributed by atoms with Gasteiger partial charge in [0.05, 0.1) is 13.2 Å². The molecule has 0 aromatic heterocycles. The normalized spacial score (nSPS) is 17.2. The SMILES string of the molecule is COc1ccc2c(c1)C[C@@H](NC(=O)Nc1ccc3c(c1)OCO3)CO2. The number of rotatable bonds is 3. The van der Waals surface area contributed by atoms with Crippen molar-refractivity contribution in [2.45, 2.75) is 12.5 Å². The maximum atomic E-state index is 12.2. The van der Waals surface area contributed by atoms with Crippen LogP contribution in [0.3, 0.4) is 0 Å². The number of fused-ring (bicyclic) bond motifs is 2. The molecule has 25 heavy (non-hydrogen) atoms. The zero-order valence-electron chi connectivity index (χ0n) is 13.7. The first-order chi connectivity index (χ1) is 12.2. The second kappa shape index (κ2) is 6.43. The molecule has 2 aromatic rings. The van der Waals surface area contributed by atoms with Gasteiger partial charge in [-0.2, -0.15) is 0 Å². The Labute approximate surface area is 144 Å². The van der Waals surface area contributed by atoms with E-state index in [0.29, 0.717) is 30.2 Å². The highest BCUT2D eigenvalue weighted by atomic mass is 16.7. The Morgan fingerprint density at radius 3 is 2.80 bits per heavy atom. The summed E-state index contributed by atoms with van der Waals surface area (Å²) < 4.78 is 21.5.